The van der Waals surface area contributed by atoms with Gasteiger partial charge in [0, 0.05) is 5.69 Å². The Morgan fingerprint density at radius 1 is 1.35 bits per heavy atom. The molecule has 3 nitrogen and oxygen atoms in total. The van der Waals surface area contributed by atoms with E-state index >= 15 is 0 Å². The van der Waals surface area contributed by atoms with E-state index in [-0.39, 0.29) is 0 Å². The highest BCUT2D eigenvalue weighted by molar-refractivity contribution is 5.83. The Bertz CT molecular complexity index is 386. The minimum atomic E-state index is -1.01. The summed E-state index contributed by atoms with van der Waals surface area (Å²) in [6, 6.07) is 5.83. The number of nitrogens with one attached hydrogen (secondary N) is 1. The first kappa shape index (κ1) is 13.6. The molecule has 0 saturated carbocycles. The maximum Gasteiger partial charge on any atom is 0.409 e. The molecule has 0 aromatic heterocycles. The Morgan fingerprint density at radius 3 is 2.59 bits per heavy atom. The molecule has 0 fully saturated rings. The van der Waals surface area contributed by atoms with Gasteiger partial charge in [0.15, 0.2) is 0 Å². The second-order valence-electron chi connectivity index (χ2n) is 4.76. The fourth-order valence-corrected chi connectivity index (χ4v) is 1.97. The van der Waals surface area contributed by atoms with E-state index in [0.717, 1.165) is 19.3 Å². The molecular formula is C14H21NO2. The third kappa shape index (κ3) is 4.47. The van der Waals surface area contributed by atoms with Gasteiger partial charge in [-0.2, -0.15) is 0 Å². The van der Waals surface area contributed by atoms with E-state index in [9.17, 15) is 4.79 Å². The Morgan fingerprint density at radius 2 is 2.06 bits per heavy atom. The van der Waals surface area contributed by atoms with Gasteiger partial charge in [-0.05, 0) is 42.0 Å². The maximum absolute atomic E-state index is 10.6. The van der Waals surface area contributed by atoms with E-state index in [1.807, 2.05) is 18.2 Å². The molecule has 0 unspecified atom stereocenters. The quantitative estimate of drug-likeness (QED) is 0.812. The zero-order valence-electron chi connectivity index (χ0n) is 10.8. The van der Waals surface area contributed by atoms with Gasteiger partial charge in [0.2, 0.25) is 0 Å². The second-order valence-corrected chi connectivity index (χ2v) is 4.76. The Kier molecular flexibility index (Phi) is 5.01. The van der Waals surface area contributed by atoms with E-state index in [1.165, 1.54) is 11.1 Å². The van der Waals surface area contributed by atoms with Crippen LogP contribution in [0.5, 0.6) is 0 Å². The summed E-state index contributed by atoms with van der Waals surface area (Å²) < 4.78 is 0. The lowest BCUT2D eigenvalue weighted by atomic mass is 9.95. The van der Waals surface area contributed by atoms with Crippen LogP contribution in [0.4, 0.5) is 10.5 Å². The molecule has 1 aromatic carbocycles. The third-order valence-electron chi connectivity index (χ3n) is 2.61. The largest absolute Gasteiger partial charge is 0.465 e. The molecule has 0 aliphatic rings. The minimum absolute atomic E-state index is 0.575. The van der Waals surface area contributed by atoms with Crippen molar-refractivity contribution in [2.24, 2.45) is 5.92 Å². The van der Waals surface area contributed by atoms with Crippen LogP contribution in [0.25, 0.3) is 0 Å². The van der Waals surface area contributed by atoms with Gasteiger partial charge in [0.05, 0.1) is 0 Å². The first-order chi connectivity index (χ1) is 8.02. The van der Waals surface area contributed by atoms with E-state index < -0.39 is 6.09 Å². The van der Waals surface area contributed by atoms with Crippen molar-refractivity contribution in [1.29, 1.82) is 0 Å². The molecule has 2 N–H and O–H groups in total. The predicted molar refractivity (Wildman–Crippen MR) is 70.6 cm³/mol. The van der Waals surface area contributed by atoms with Crippen molar-refractivity contribution in [3.63, 3.8) is 0 Å². The number of carbonyl (C=O) groups is 1. The van der Waals surface area contributed by atoms with Crippen molar-refractivity contribution in [1.82, 2.24) is 0 Å². The van der Waals surface area contributed by atoms with Crippen LogP contribution in [0.15, 0.2) is 18.2 Å². The molecule has 0 heterocycles. The number of hydrogen-bond donors (Lipinski definition) is 2. The van der Waals surface area contributed by atoms with Crippen LogP contribution in [-0.4, -0.2) is 11.2 Å². The van der Waals surface area contributed by atoms with Crippen molar-refractivity contribution < 1.29 is 9.90 Å². The van der Waals surface area contributed by atoms with Gasteiger partial charge in [0.25, 0.3) is 0 Å². The van der Waals surface area contributed by atoms with E-state index in [4.69, 9.17) is 5.11 Å². The average Bonchev–Trinajstić information content (AvgIpc) is 2.20. The molecule has 0 aliphatic carbocycles. The van der Waals surface area contributed by atoms with Gasteiger partial charge in [-0.15, -0.1) is 0 Å². The number of benzene rings is 1. The fraction of sp³-hybridized carbons (Fsp3) is 0.500. The molecule has 0 spiro atoms. The average molecular weight is 235 g/mol. The lowest BCUT2D eigenvalue weighted by Gasteiger charge is -2.13. The molecule has 3 heteroatoms. The van der Waals surface area contributed by atoms with E-state index in [2.05, 4.69) is 26.1 Å². The monoisotopic (exact) mass is 235 g/mol. The summed E-state index contributed by atoms with van der Waals surface area (Å²) in [5.74, 6) is 0.575. The van der Waals surface area contributed by atoms with Gasteiger partial charge in [-0.3, -0.25) is 5.32 Å². The zero-order chi connectivity index (χ0) is 12.8. The number of rotatable bonds is 5. The summed E-state index contributed by atoms with van der Waals surface area (Å²) in [5.41, 5.74) is 3.25. The molecule has 1 amide bonds. The van der Waals surface area contributed by atoms with Gasteiger partial charge >= 0.3 is 6.09 Å². The molecule has 17 heavy (non-hydrogen) atoms. The number of carboxylic acid groups (broad SMARTS) is 1. The molecule has 1 rings (SSSR count). The smallest absolute Gasteiger partial charge is 0.409 e. The summed E-state index contributed by atoms with van der Waals surface area (Å²) in [6.07, 6.45) is 2.14. The van der Waals surface area contributed by atoms with Gasteiger partial charge in [0.1, 0.15) is 0 Å². The topological polar surface area (TPSA) is 49.3 Å². The highest BCUT2D eigenvalue weighted by atomic mass is 16.4. The number of hydrogen-bond acceptors (Lipinski definition) is 1. The molecule has 0 atom stereocenters. The van der Waals surface area contributed by atoms with E-state index in [1.54, 1.807) is 0 Å². The molecule has 94 valence electrons. The third-order valence-corrected chi connectivity index (χ3v) is 2.61. The Labute approximate surface area is 103 Å². The first-order valence-corrected chi connectivity index (χ1v) is 6.14. The Balaban J connectivity index is 2.96. The van der Waals surface area contributed by atoms with Crippen LogP contribution in [0.2, 0.25) is 0 Å². The summed E-state index contributed by atoms with van der Waals surface area (Å²) in [6.45, 7) is 6.50. The minimum Gasteiger partial charge on any atom is -0.465 e. The lowest BCUT2D eigenvalue weighted by molar-refractivity contribution is 0.210. The van der Waals surface area contributed by atoms with Crippen LogP contribution in [-0.2, 0) is 12.8 Å². The van der Waals surface area contributed by atoms with Gasteiger partial charge in [-0.25, -0.2) is 4.79 Å². The highest BCUT2D eigenvalue weighted by Gasteiger charge is 2.07. The second kappa shape index (κ2) is 6.28. The molecular weight excluding hydrogens is 214 g/mol. The van der Waals surface area contributed by atoms with E-state index in [0.29, 0.717) is 11.6 Å². The van der Waals surface area contributed by atoms with Crippen LogP contribution in [0.1, 0.15) is 38.3 Å². The summed E-state index contributed by atoms with van der Waals surface area (Å²) >= 11 is 0. The highest BCUT2D eigenvalue weighted by Crippen LogP contribution is 2.20. The molecule has 0 aliphatic heterocycles. The summed E-state index contributed by atoms with van der Waals surface area (Å²) in [7, 11) is 0. The molecule has 0 bridgehead atoms. The first-order valence-electron chi connectivity index (χ1n) is 6.14. The molecule has 0 saturated heterocycles. The molecule has 1 aromatic rings. The van der Waals surface area contributed by atoms with Crippen molar-refractivity contribution in [2.45, 2.75) is 40.0 Å². The van der Waals surface area contributed by atoms with Crippen molar-refractivity contribution >= 4 is 11.8 Å². The van der Waals surface area contributed by atoms with Crippen LogP contribution in [0.3, 0.4) is 0 Å². The van der Waals surface area contributed by atoms with Crippen molar-refractivity contribution in [3.05, 3.63) is 29.3 Å². The summed E-state index contributed by atoms with van der Waals surface area (Å²) in [4.78, 5) is 10.6. The predicted octanol–water partition coefficient (Wildman–Crippen LogP) is 3.93. The maximum atomic E-state index is 10.6. The Hall–Kier alpha value is -1.51. The van der Waals surface area contributed by atoms with Crippen LogP contribution < -0.4 is 5.32 Å². The number of amides is 1. The lowest BCUT2D eigenvalue weighted by Crippen LogP contribution is -2.08. The number of aryl methyl sites for hydroxylation is 1. The molecule has 0 radical (unpaired) electrons. The fourth-order valence-electron chi connectivity index (χ4n) is 1.97. The van der Waals surface area contributed by atoms with Crippen LogP contribution in [0, 0.1) is 5.92 Å². The van der Waals surface area contributed by atoms with Crippen LogP contribution >= 0.6 is 0 Å². The van der Waals surface area contributed by atoms with Crippen molar-refractivity contribution in [2.75, 3.05) is 5.32 Å². The van der Waals surface area contributed by atoms with Gasteiger partial charge < -0.3 is 5.11 Å². The summed E-state index contributed by atoms with van der Waals surface area (Å²) in [5, 5.41) is 11.1. The van der Waals surface area contributed by atoms with Crippen molar-refractivity contribution in [3.8, 4) is 0 Å². The zero-order valence-corrected chi connectivity index (χ0v) is 10.8. The number of anilines is 1. The normalized spacial score (nSPS) is 10.6. The van der Waals surface area contributed by atoms with Gasteiger partial charge in [-0.1, -0.05) is 33.3 Å². The standard InChI is InChI=1S/C14H21NO2/c1-4-5-11-6-7-13(15-14(16)17)9-12(11)8-10(2)3/h6-7,9-10,15H,4-5,8H2,1-3H3,(H,16,17). The SMILES string of the molecule is CCCc1ccc(NC(=O)O)cc1CC(C)C.